The molecule has 0 amide bonds. The van der Waals surface area contributed by atoms with Crippen LogP contribution in [-0.2, 0) is 6.54 Å². The van der Waals surface area contributed by atoms with Gasteiger partial charge in [-0.05, 0) is 36.7 Å². The average Bonchev–Trinajstić information content (AvgIpc) is 2.79. The topological polar surface area (TPSA) is 82.5 Å². The third-order valence-electron chi connectivity index (χ3n) is 2.16. The highest BCUT2D eigenvalue weighted by Gasteiger charge is 2.05. The van der Waals surface area contributed by atoms with E-state index in [2.05, 4.69) is 20.4 Å². The van der Waals surface area contributed by atoms with Crippen LogP contribution < -0.4 is 5.73 Å². The second-order valence-corrected chi connectivity index (χ2v) is 3.42. The number of hydrogen-bond acceptors (Lipinski definition) is 5. The van der Waals surface area contributed by atoms with Crippen LogP contribution in [0.25, 0.3) is 11.5 Å². The Morgan fingerprint density at radius 2 is 2.19 bits per heavy atom. The van der Waals surface area contributed by atoms with E-state index < -0.39 is 0 Å². The molecule has 0 spiro atoms. The van der Waals surface area contributed by atoms with E-state index in [1.165, 1.54) is 0 Å². The number of unbranched alkanes of at least 4 members (excludes halogenated alkanes) is 1. The van der Waals surface area contributed by atoms with Gasteiger partial charge in [0.2, 0.25) is 5.82 Å². The number of pyridine rings is 1. The van der Waals surface area contributed by atoms with Gasteiger partial charge in [0.25, 0.3) is 0 Å². The van der Waals surface area contributed by atoms with Crippen molar-refractivity contribution in [2.75, 3.05) is 6.54 Å². The van der Waals surface area contributed by atoms with Crippen molar-refractivity contribution in [2.45, 2.75) is 19.4 Å². The summed E-state index contributed by atoms with van der Waals surface area (Å²) in [5.74, 6) is 0.563. The molecule has 0 unspecified atom stereocenters. The third kappa shape index (κ3) is 2.60. The van der Waals surface area contributed by atoms with Gasteiger partial charge in [0, 0.05) is 6.20 Å². The number of aromatic nitrogens is 5. The van der Waals surface area contributed by atoms with Crippen molar-refractivity contribution < 1.29 is 0 Å². The molecule has 2 aromatic rings. The highest BCUT2D eigenvalue weighted by molar-refractivity contribution is 5.46. The molecule has 2 heterocycles. The quantitative estimate of drug-likeness (QED) is 0.738. The van der Waals surface area contributed by atoms with Crippen LogP contribution in [0.4, 0.5) is 0 Å². The summed E-state index contributed by atoms with van der Waals surface area (Å²) < 4.78 is 0. The number of nitrogens with two attached hydrogens (primary N) is 1. The Bertz CT molecular complexity index is 424. The first kappa shape index (κ1) is 10.7. The van der Waals surface area contributed by atoms with Gasteiger partial charge in [-0.25, -0.2) is 0 Å². The van der Waals surface area contributed by atoms with E-state index in [0.717, 1.165) is 25.1 Å². The Kier molecular flexibility index (Phi) is 3.55. The van der Waals surface area contributed by atoms with Crippen LogP contribution >= 0.6 is 0 Å². The minimum absolute atomic E-state index is 0.563. The molecule has 0 aliphatic carbocycles. The lowest BCUT2D eigenvalue weighted by atomic mass is 10.3. The Morgan fingerprint density at radius 1 is 1.25 bits per heavy atom. The number of rotatable bonds is 5. The third-order valence-corrected chi connectivity index (χ3v) is 2.16. The van der Waals surface area contributed by atoms with Crippen molar-refractivity contribution in [3.05, 3.63) is 24.4 Å². The fourth-order valence-electron chi connectivity index (χ4n) is 1.33. The molecule has 2 N–H and O–H groups in total. The van der Waals surface area contributed by atoms with E-state index in [-0.39, 0.29) is 0 Å². The van der Waals surface area contributed by atoms with Crippen LogP contribution in [0.2, 0.25) is 0 Å². The Balaban J connectivity index is 2.02. The summed E-state index contributed by atoms with van der Waals surface area (Å²) in [5.41, 5.74) is 6.16. The van der Waals surface area contributed by atoms with Gasteiger partial charge < -0.3 is 5.73 Å². The largest absolute Gasteiger partial charge is 0.330 e. The summed E-state index contributed by atoms with van der Waals surface area (Å²) in [6.45, 7) is 1.44. The van der Waals surface area contributed by atoms with Gasteiger partial charge in [-0.1, -0.05) is 6.07 Å². The van der Waals surface area contributed by atoms with E-state index in [0.29, 0.717) is 12.4 Å². The van der Waals surface area contributed by atoms with Gasteiger partial charge in [-0.2, -0.15) is 4.80 Å². The van der Waals surface area contributed by atoms with Crippen LogP contribution in [0.15, 0.2) is 24.4 Å². The Labute approximate surface area is 93.5 Å². The zero-order chi connectivity index (χ0) is 11.2. The average molecular weight is 218 g/mol. The molecule has 0 aliphatic heterocycles. The maximum atomic E-state index is 5.41. The molecule has 16 heavy (non-hydrogen) atoms. The van der Waals surface area contributed by atoms with Gasteiger partial charge in [-0.15, -0.1) is 10.2 Å². The number of hydrogen-bond donors (Lipinski definition) is 1. The predicted molar refractivity (Wildman–Crippen MR) is 59.3 cm³/mol. The first-order chi connectivity index (χ1) is 7.90. The predicted octanol–water partition coefficient (Wildman–Crippen LogP) is 0.474. The smallest absolute Gasteiger partial charge is 0.223 e. The Morgan fingerprint density at radius 3 is 2.94 bits per heavy atom. The van der Waals surface area contributed by atoms with E-state index in [4.69, 9.17) is 5.73 Å². The molecule has 0 aliphatic rings. The highest BCUT2D eigenvalue weighted by atomic mass is 15.6. The maximum absolute atomic E-state index is 5.41. The second kappa shape index (κ2) is 5.32. The van der Waals surface area contributed by atoms with E-state index in [1.807, 2.05) is 18.2 Å². The highest BCUT2D eigenvalue weighted by Crippen LogP contribution is 2.08. The van der Waals surface area contributed by atoms with Gasteiger partial charge in [-0.3, -0.25) is 4.98 Å². The number of tetrazole rings is 1. The molecule has 0 radical (unpaired) electrons. The van der Waals surface area contributed by atoms with Crippen molar-refractivity contribution in [1.29, 1.82) is 0 Å². The fraction of sp³-hybridized carbons (Fsp3) is 0.400. The normalized spacial score (nSPS) is 10.6. The fourth-order valence-corrected chi connectivity index (χ4v) is 1.33. The molecule has 84 valence electrons. The SMILES string of the molecule is NCCCCn1nnc(-c2ccccn2)n1. The summed E-state index contributed by atoms with van der Waals surface area (Å²) >= 11 is 0. The first-order valence-corrected chi connectivity index (χ1v) is 5.29. The van der Waals surface area contributed by atoms with Gasteiger partial charge in [0.1, 0.15) is 5.69 Å². The lowest BCUT2D eigenvalue weighted by Crippen LogP contribution is -2.05. The van der Waals surface area contributed by atoms with Crippen LogP contribution in [0.3, 0.4) is 0 Å². The zero-order valence-corrected chi connectivity index (χ0v) is 8.95. The molecule has 0 bridgehead atoms. The van der Waals surface area contributed by atoms with E-state index in [1.54, 1.807) is 11.0 Å². The second-order valence-electron chi connectivity index (χ2n) is 3.42. The van der Waals surface area contributed by atoms with Crippen molar-refractivity contribution in [2.24, 2.45) is 5.73 Å². The summed E-state index contributed by atoms with van der Waals surface area (Å²) in [4.78, 5) is 5.74. The number of nitrogens with zero attached hydrogens (tertiary/aromatic N) is 5. The molecule has 0 aromatic carbocycles. The lowest BCUT2D eigenvalue weighted by Gasteiger charge is -1.96. The van der Waals surface area contributed by atoms with E-state index in [9.17, 15) is 0 Å². The van der Waals surface area contributed by atoms with Crippen molar-refractivity contribution in [3.8, 4) is 11.5 Å². The molecule has 0 saturated carbocycles. The molecule has 2 aromatic heterocycles. The van der Waals surface area contributed by atoms with Crippen LogP contribution in [0.1, 0.15) is 12.8 Å². The van der Waals surface area contributed by atoms with Gasteiger partial charge in [0.05, 0.1) is 6.54 Å². The molecule has 0 fully saturated rings. The first-order valence-electron chi connectivity index (χ1n) is 5.29. The summed E-state index contributed by atoms with van der Waals surface area (Å²) in [7, 11) is 0. The van der Waals surface area contributed by atoms with Crippen molar-refractivity contribution >= 4 is 0 Å². The van der Waals surface area contributed by atoms with Crippen molar-refractivity contribution in [1.82, 2.24) is 25.2 Å². The zero-order valence-electron chi connectivity index (χ0n) is 8.95. The van der Waals surface area contributed by atoms with Crippen LogP contribution in [0, 0.1) is 0 Å². The minimum Gasteiger partial charge on any atom is -0.330 e. The summed E-state index contributed by atoms with van der Waals surface area (Å²) in [6.07, 6.45) is 3.65. The molecule has 6 heteroatoms. The molecular weight excluding hydrogens is 204 g/mol. The summed E-state index contributed by atoms with van der Waals surface area (Å²) in [5, 5.41) is 12.2. The molecular formula is C10H14N6. The van der Waals surface area contributed by atoms with Crippen LogP contribution in [-0.4, -0.2) is 31.7 Å². The van der Waals surface area contributed by atoms with Gasteiger partial charge >= 0.3 is 0 Å². The monoisotopic (exact) mass is 218 g/mol. The standard InChI is InChI=1S/C10H14N6/c11-6-2-4-8-16-14-10(13-15-16)9-5-1-3-7-12-9/h1,3,5,7H,2,4,6,8,11H2. The lowest BCUT2D eigenvalue weighted by molar-refractivity contribution is 0.491. The van der Waals surface area contributed by atoms with E-state index >= 15 is 0 Å². The Hall–Kier alpha value is -1.82. The molecule has 0 saturated heterocycles. The molecule has 2 rings (SSSR count). The van der Waals surface area contributed by atoms with Crippen molar-refractivity contribution in [3.63, 3.8) is 0 Å². The molecule has 6 nitrogen and oxygen atoms in total. The molecule has 0 atom stereocenters. The minimum atomic E-state index is 0.563. The maximum Gasteiger partial charge on any atom is 0.223 e. The summed E-state index contributed by atoms with van der Waals surface area (Å²) in [6, 6.07) is 5.62. The van der Waals surface area contributed by atoms with Crippen LogP contribution in [0.5, 0.6) is 0 Å². The van der Waals surface area contributed by atoms with Gasteiger partial charge in [0.15, 0.2) is 0 Å². The number of aryl methyl sites for hydroxylation is 1.